The predicted molar refractivity (Wildman–Crippen MR) is 78.4 cm³/mol. The van der Waals surface area contributed by atoms with Crippen LogP contribution in [0.4, 0.5) is 0 Å². The zero-order chi connectivity index (χ0) is 13.1. The molecule has 1 N–H and O–H groups in total. The van der Waals surface area contributed by atoms with E-state index in [4.69, 9.17) is 0 Å². The maximum Gasteiger partial charge on any atom is 0.227 e. The fourth-order valence-electron chi connectivity index (χ4n) is 3.47. The SMILES string of the molecule is O=C(Cc1cccs1)N1CCCC2(CCCNC2)C1. The molecule has 1 unspecified atom stereocenters. The van der Waals surface area contributed by atoms with Gasteiger partial charge in [0, 0.05) is 29.9 Å². The summed E-state index contributed by atoms with van der Waals surface area (Å²) in [5.74, 6) is 0.312. The summed E-state index contributed by atoms with van der Waals surface area (Å²) in [4.78, 5) is 15.7. The van der Waals surface area contributed by atoms with E-state index in [1.165, 1.54) is 24.1 Å². The van der Waals surface area contributed by atoms with E-state index in [1.54, 1.807) is 11.3 Å². The van der Waals surface area contributed by atoms with Crippen molar-refractivity contribution in [2.24, 2.45) is 5.41 Å². The van der Waals surface area contributed by atoms with Gasteiger partial charge in [0.05, 0.1) is 6.42 Å². The van der Waals surface area contributed by atoms with Crippen LogP contribution in [0.2, 0.25) is 0 Å². The van der Waals surface area contributed by atoms with Crippen LogP contribution < -0.4 is 5.32 Å². The molecule has 2 fully saturated rings. The number of hydrogen-bond donors (Lipinski definition) is 1. The second-order valence-electron chi connectivity index (χ2n) is 5.96. The quantitative estimate of drug-likeness (QED) is 0.900. The molecule has 0 aromatic carbocycles. The highest BCUT2D eigenvalue weighted by molar-refractivity contribution is 7.10. The Morgan fingerprint density at radius 3 is 3.05 bits per heavy atom. The topological polar surface area (TPSA) is 32.3 Å². The Morgan fingerprint density at radius 1 is 1.42 bits per heavy atom. The van der Waals surface area contributed by atoms with Crippen LogP contribution in [0.1, 0.15) is 30.6 Å². The van der Waals surface area contributed by atoms with Crippen LogP contribution in [0.25, 0.3) is 0 Å². The highest BCUT2D eigenvalue weighted by Gasteiger charge is 2.37. The molecule has 1 atom stereocenters. The molecule has 3 heterocycles. The Balaban J connectivity index is 1.62. The summed E-state index contributed by atoms with van der Waals surface area (Å²) >= 11 is 1.68. The van der Waals surface area contributed by atoms with Gasteiger partial charge in [0.15, 0.2) is 0 Å². The molecule has 104 valence electrons. The van der Waals surface area contributed by atoms with Crippen LogP contribution in [0.5, 0.6) is 0 Å². The predicted octanol–water partition coefficient (Wildman–Crippen LogP) is 2.28. The van der Waals surface area contributed by atoms with E-state index >= 15 is 0 Å². The normalized spacial score (nSPS) is 27.7. The van der Waals surface area contributed by atoms with Crippen molar-refractivity contribution in [2.45, 2.75) is 32.1 Å². The van der Waals surface area contributed by atoms with Crippen molar-refractivity contribution >= 4 is 17.2 Å². The van der Waals surface area contributed by atoms with Crippen molar-refractivity contribution in [3.63, 3.8) is 0 Å². The van der Waals surface area contributed by atoms with Gasteiger partial charge < -0.3 is 10.2 Å². The fourth-order valence-corrected chi connectivity index (χ4v) is 4.17. The maximum atomic E-state index is 12.4. The number of rotatable bonds is 2. The van der Waals surface area contributed by atoms with Gasteiger partial charge in [0.2, 0.25) is 5.91 Å². The van der Waals surface area contributed by atoms with E-state index < -0.39 is 0 Å². The lowest BCUT2D eigenvalue weighted by Gasteiger charge is -2.45. The average Bonchev–Trinajstić information content (AvgIpc) is 2.92. The summed E-state index contributed by atoms with van der Waals surface area (Å²) in [6, 6.07) is 4.08. The maximum absolute atomic E-state index is 12.4. The van der Waals surface area contributed by atoms with E-state index in [-0.39, 0.29) is 0 Å². The number of thiophene rings is 1. The third kappa shape index (κ3) is 3.00. The summed E-state index contributed by atoms with van der Waals surface area (Å²) in [6.07, 6.45) is 5.57. The number of carbonyl (C=O) groups is 1. The van der Waals surface area contributed by atoms with Crippen LogP contribution in [0.3, 0.4) is 0 Å². The van der Waals surface area contributed by atoms with Crippen molar-refractivity contribution in [3.05, 3.63) is 22.4 Å². The third-order valence-electron chi connectivity index (χ3n) is 4.48. The smallest absolute Gasteiger partial charge is 0.227 e. The molecule has 1 spiro atoms. The second kappa shape index (κ2) is 5.63. The summed E-state index contributed by atoms with van der Waals surface area (Å²) in [6.45, 7) is 4.15. The van der Waals surface area contributed by atoms with Crippen LogP contribution >= 0.6 is 11.3 Å². The first-order chi connectivity index (χ1) is 9.27. The molecule has 3 nitrogen and oxygen atoms in total. The van der Waals surface area contributed by atoms with Gasteiger partial charge in [-0.25, -0.2) is 0 Å². The molecule has 3 rings (SSSR count). The first-order valence-corrected chi connectivity index (χ1v) is 8.16. The zero-order valence-electron chi connectivity index (χ0n) is 11.4. The van der Waals surface area contributed by atoms with Crippen molar-refractivity contribution in [1.82, 2.24) is 10.2 Å². The largest absolute Gasteiger partial charge is 0.342 e. The van der Waals surface area contributed by atoms with Crippen molar-refractivity contribution < 1.29 is 4.79 Å². The van der Waals surface area contributed by atoms with E-state index in [0.29, 0.717) is 17.7 Å². The third-order valence-corrected chi connectivity index (χ3v) is 5.36. The van der Waals surface area contributed by atoms with Gasteiger partial charge in [0.1, 0.15) is 0 Å². The van der Waals surface area contributed by atoms with Crippen LogP contribution in [-0.2, 0) is 11.2 Å². The number of amides is 1. The minimum Gasteiger partial charge on any atom is -0.342 e. The van der Waals surface area contributed by atoms with Crippen molar-refractivity contribution in [1.29, 1.82) is 0 Å². The van der Waals surface area contributed by atoms with E-state index in [9.17, 15) is 4.79 Å². The molecule has 1 amide bonds. The summed E-state index contributed by atoms with van der Waals surface area (Å²) in [5, 5.41) is 5.56. The molecule has 0 aliphatic carbocycles. The number of hydrogen-bond acceptors (Lipinski definition) is 3. The van der Waals surface area contributed by atoms with Crippen molar-refractivity contribution in [2.75, 3.05) is 26.2 Å². The number of likely N-dealkylation sites (tertiary alicyclic amines) is 1. The summed E-state index contributed by atoms with van der Waals surface area (Å²) in [5.41, 5.74) is 0.363. The van der Waals surface area contributed by atoms with Gasteiger partial charge in [0.25, 0.3) is 0 Å². The van der Waals surface area contributed by atoms with Gasteiger partial charge in [-0.1, -0.05) is 6.07 Å². The van der Waals surface area contributed by atoms with Crippen molar-refractivity contribution in [3.8, 4) is 0 Å². The van der Waals surface area contributed by atoms with Gasteiger partial charge in [-0.2, -0.15) is 0 Å². The van der Waals surface area contributed by atoms with Crippen LogP contribution in [-0.4, -0.2) is 37.0 Å². The van der Waals surface area contributed by atoms with Gasteiger partial charge in [-0.05, 0) is 43.7 Å². The monoisotopic (exact) mass is 278 g/mol. The Kier molecular flexibility index (Phi) is 3.89. The number of piperidine rings is 2. The number of nitrogens with one attached hydrogen (secondary N) is 1. The zero-order valence-corrected chi connectivity index (χ0v) is 12.2. The Labute approximate surface area is 119 Å². The lowest BCUT2D eigenvalue weighted by Crippen LogP contribution is -2.52. The fraction of sp³-hybridized carbons (Fsp3) is 0.667. The van der Waals surface area contributed by atoms with Gasteiger partial charge in [-0.15, -0.1) is 11.3 Å². The molecule has 2 saturated heterocycles. The first-order valence-electron chi connectivity index (χ1n) is 7.28. The molecule has 1 aromatic rings. The Morgan fingerprint density at radius 2 is 2.32 bits per heavy atom. The summed E-state index contributed by atoms with van der Waals surface area (Å²) in [7, 11) is 0. The highest BCUT2D eigenvalue weighted by atomic mass is 32.1. The molecule has 4 heteroatoms. The summed E-state index contributed by atoms with van der Waals surface area (Å²) < 4.78 is 0. The molecule has 19 heavy (non-hydrogen) atoms. The second-order valence-corrected chi connectivity index (χ2v) is 6.99. The van der Waals surface area contributed by atoms with Crippen LogP contribution in [0.15, 0.2) is 17.5 Å². The number of carbonyl (C=O) groups excluding carboxylic acids is 1. The molecule has 2 aliphatic rings. The molecule has 0 saturated carbocycles. The Hall–Kier alpha value is -0.870. The Bertz CT molecular complexity index is 418. The standard InChI is InChI=1S/C15H22N2OS/c18-14(10-13-4-1-9-19-13)17-8-3-6-15(12-17)5-2-7-16-11-15/h1,4,9,16H,2-3,5-8,10-12H2. The van der Waals surface area contributed by atoms with Crippen LogP contribution in [0, 0.1) is 5.41 Å². The lowest BCUT2D eigenvalue weighted by atomic mass is 9.74. The minimum absolute atomic E-state index is 0.312. The molecule has 0 bridgehead atoms. The highest BCUT2D eigenvalue weighted by Crippen LogP contribution is 2.36. The average molecular weight is 278 g/mol. The number of nitrogens with zero attached hydrogens (tertiary/aromatic N) is 1. The molecule has 1 aromatic heterocycles. The van der Waals surface area contributed by atoms with E-state index in [1.807, 2.05) is 11.4 Å². The molecule has 2 aliphatic heterocycles. The van der Waals surface area contributed by atoms with Gasteiger partial charge in [-0.3, -0.25) is 4.79 Å². The van der Waals surface area contributed by atoms with Gasteiger partial charge >= 0.3 is 0 Å². The molecule has 0 radical (unpaired) electrons. The molecular formula is C15H22N2OS. The minimum atomic E-state index is 0.312. The van der Waals surface area contributed by atoms with E-state index in [0.717, 1.165) is 32.6 Å². The lowest BCUT2D eigenvalue weighted by molar-refractivity contribution is -0.134. The first kappa shape index (κ1) is 13.1. The molecular weight excluding hydrogens is 256 g/mol. The van der Waals surface area contributed by atoms with E-state index in [2.05, 4.69) is 16.3 Å².